The summed E-state index contributed by atoms with van der Waals surface area (Å²) >= 11 is 0. The summed E-state index contributed by atoms with van der Waals surface area (Å²) in [5, 5.41) is 12.5. The molecule has 0 aliphatic heterocycles. The number of nitrogens with zero attached hydrogens (tertiary/aromatic N) is 1. The summed E-state index contributed by atoms with van der Waals surface area (Å²) in [5.74, 6) is -0.424. The maximum atomic E-state index is 11.7. The lowest BCUT2D eigenvalue weighted by molar-refractivity contribution is -0.129. The third-order valence-corrected chi connectivity index (χ3v) is 2.56. The second-order valence-electron chi connectivity index (χ2n) is 3.89. The maximum absolute atomic E-state index is 11.7. The second-order valence-corrected chi connectivity index (χ2v) is 3.89. The summed E-state index contributed by atoms with van der Waals surface area (Å²) in [6.07, 6.45) is 1.90. The van der Waals surface area contributed by atoms with Crippen molar-refractivity contribution in [1.82, 2.24) is 10.3 Å². The molecule has 18 heavy (non-hydrogen) atoms. The van der Waals surface area contributed by atoms with Crippen LogP contribution >= 0.6 is 0 Å². The highest BCUT2D eigenvalue weighted by molar-refractivity contribution is 5.81. The van der Waals surface area contributed by atoms with Gasteiger partial charge in [0.15, 0.2) is 6.10 Å². The average molecular weight is 242 g/mol. The highest BCUT2D eigenvalue weighted by Crippen LogP contribution is 2.10. The van der Waals surface area contributed by atoms with Gasteiger partial charge in [0.2, 0.25) is 0 Å². The van der Waals surface area contributed by atoms with E-state index in [1.807, 2.05) is 30.3 Å². The Kier molecular flexibility index (Phi) is 4.04. The first-order chi connectivity index (χ1) is 8.77. The lowest BCUT2D eigenvalue weighted by Gasteiger charge is -2.11. The van der Waals surface area contributed by atoms with Crippen molar-refractivity contribution in [2.75, 3.05) is 0 Å². The Morgan fingerprint density at radius 3 is 2.67 bits per heavy atom. The summed E-state index contributed by atoms with van der Waals surface area (Å²) in [7, 11) is 0. The summed E-state index contributed by atoms with van der Waals surface area (Å²) in [5.41, 5.74) is 1.48. The maximum Gasteiger partial charge on any atom is 0.253 e. The fourth-order valence-corrected chi connectivity index (χ4v) is 1.57. The zero-order valence-electron chi connectivity index (χ0n) is 9.78. The molecule has 4 heteroatoms. The summed E-state index contributed by atoms with van der Waals surface area (Å²) in [6, 6.07) is 12.9. The van der Waals surface area contributed by atoms with Crippen molar-refractivity contribution in [3.05, 3.63) is 66.0 Å². The Balaban J connectivity index is 1.93. The Hall–Kier alpha value is -2.20. The Morgan fingerprint density at radius 1 is 1.22 bits per heavy atom. The number of pyridine rings is 1. The molecule has 2 aromatic rings. The Labute approximate surface area is 105 Å². The smallest absolute Gasteiger partial charge is 0.253 e. The van der Waals surface area contributed by atoms with Crippen LogP contribution in [0.15, 0.2) is 54.9 Å². The first kappa shape index (κ1) is 12.3. The van der Waals surface area contributed by atoms with Gasteiger partial charge in [0.25, 0.3) is 5.91 Å². The number of hydrogen-bond donors (Lipinski definition) is 2. The van der Waals surface area contributed by atoms with Crippen LogP contribution in [0.2, 0.25) is 0 Å². The quantitative estimate of drug-likeness (QED) is 0.852. The Bertz CT molecular complexity index is 500. The number of aliphatic hydroxyl groups excluding tert-OH is 1. The minimum atomic E-state index is -1.18. The van der Waals surface area contributed by atoms with Crippen molar-refractivity contribution in [1.29, 1.82) is 0 Å². The monoisotopic (exact) mass is 242 g/mol. The Morgan fingerprint density at radius 2 is 2.00 bits per heavy atom. The van der Waals surface area contributed by atoms with Crippen LogP contribution in [0.4, 0.5) is 0 Å². The van der Waals surface area contributed by atoms with Crippen molar-refractivity contribution in [3.8, 4) is 0 Å². The number of carbonyl (C=O) groups excluding carboxylic acids is 1. The molecule has 0 unspecified atom stereocenters. The van der Waals surface area contributed by atoms with Gasteiger partial charge in [-0.2, -0.15) is 0 Å². The zero-order chi connectivity index (χ0) is 12.8. The largest absolute Gasteiger partial charge is 0.378 e. The van der Waals surface area contributed by atoms with E-state index in [9.17, 15) is 9.90 Å². The number of nitrogens with one attached hydrogen (secondary N) is 1. The number of rotatable bonds is 4. The lowest BCUT2D eigenvalue weighted by Crippen LogP contribution is -2.28. The van der Waals surface area contributed by atoms with E-state index in [-0.39, 0.29) is 0 Å². The zero-order valence-corrected chi connectivity index (χ0v) is 9.78. The number of aliphatic hydroxyl groups is 1. The van der Waals surface area contributed by atoms with Gasteiger partial charge in [-0.3, -0.25) is 9.78 Å². The van der Waals surface area contributed by atoms with Crippen molar-refractivity contribution < 1.29 is 9.90 Å². The van der Waals surface area contributed by atoms with E-state index in [2.05, 4.69) is 10.3 Å². The molecule has 1 amide bonds. The molecule has 1 heterocycles. The molecular weight excluding hydrogens is 228 g/mol. The van der Waals surface area contributed by atoms with Crippen LogP contribution in [0.25, 0.3) is 0 Å². The van der Waals surface area contributed by atoms with Crippen LogP contribution in [0.1, 0.15) is 17.2 Å². The van der Waals surface area contributed by atoms with Crippen LogP contribution in [0, 0.1) is 0 Å². The van der Waals surface area contributed by atoms with Crippen LogP contribution in [0.5, 0.6) is 0 Å². The molecule has 0 radical (unpaired) electrons. The van der Waals surface area contributed by atoms with Gasteiger partial charge in [0, 0.05) is 24.5 Å². The van der Waals surface area contributed by atoms with Gasteiger partial charge in [-0.15, -0.1) is 0 Å². The van der Waals surface area contributed by atoms with Crippen LogP contribution < -0.4 is 5.32 Å². The molecule has 0 saturated heterocycles. The summed E-state index contributed by atoms with van der Waals surface area (Å²) in [6.45, 7) is 0.400. The standard InChI is InChI=1S/C14H14N2O2/c17-13(12-7-4-8-15-10-12)14(18)16-9-11-5-2-1-3-6-11/h1-8,10,13,17H,9H2,(H,16,18)/t13-/m1/s1. The van der Waals surface area contributed by atoms with E-state index in [1.54, 1.807) is 18.3 Å². The molecule has 0 saturated carbocycles. The molecule has 1 aromatic carbocycles. The molecule has 4 nitrogen and oxygen atoms in total. The molecule has 1 aromatic heterocycles. The van der Waals surface area contributed by atoms with Crippen LogP contribution in [-0.2, 0) is 11.3 Å². The lowest BCUT2D eigenvalue weighted by atomic mass is 10.1. The SMILES string of the molecule is O=C(NCc1ccccc1)[C@H](O)c1cccnc1. The van der Waals surface area contributed by atoms with Gasteiger partial charge in [0.05, 0.1) is 0 Å². The van der Waals surface area contributed by atoms with E-state index in [4.69, 9.17) is 0 Å². The highest BCUT2D eigenvalue weighted by Gasteiger charge is 2.16. The number of hydrogen-bond acceptors (Lipinski definition) is 3. The third kappa shape index (κ3) is 3.15. The number of amides is 1. The topological polar surface area (TPSA) is 62.2 Å². The van der Waals surface area contributed by atoms with Gasteiger partial charge in [-0.05, 0) is 11.6 Å². The first-order valence-corrected chi connectivity index (χ1v) is 5.67. The molecule has 92 valence electrons. The van der Waals surface area contributed by atoms with E-state index in [1.165, 1.54) is 6.20 Å². The van der Waals surface area contributed by atoms with Crippen molar-refractivity contribution in [2.24, 2.45) is 0 Å². The van der Waals surface area contributed by atoms with Crippen molar-refractivity contribution >= 4 is 5.91 Å². The number of benzene rings is 1. The van der Waals surface area contributed by atoms with Gasteiger partial charge in [-0.1, -0.05) is 36.4 Å². The van der Waals surface area contributed by atoms with Gasteiger partial charge in [0.1, 0.15) is 0 Å². The molecule has 0 fully saturated rings. The fraction of sp³-hybridized carbons (Fsp3) is 0.143. The van der Waals surface area contributed by atoms with Crippen molar-refractivity contribution in [2.45, 2.75) is 12.6 Å². The molecular formula is C14H14N2O2. The molecule has 0 spiro atoms. The highest BCUT2D eigenvalue weighted by atomic mass is 16.3. The van der Waals surface area contributed by atoms with Gasteiger partial charge in [-0.25, -0.2) is 0 Å². The predicted octanol–water partition coefficient (Wildman–Crippen LogP) is 1.43. The molecule has 0 aliphatic rings. The normalized spacial score (nSPS) is 11.8. The van der Waals surface area contributed by atoms with Crippen molar-refractivity contribution in [3.63, 3.8) is 0 Å². The van der Waals surface area contributed by atoms with E-state index < -0.39 is 12.0 Å². The van der Waals surface area contributed by atoms with E-state index in [0.29, 0.717) is 12.1 Å². The first-order valence-electron chi connectivity index (χ1n) is 5.67. The van der Waals surface area contributed by atoms with Crippen LogP contribution in [0.3, 0.4) is 0 Å². The van der Waals surface area contributed by atoms with E-state index in [0.717, 1.165) is 5.56 Å². The molecule has 2 rings (SSSR count). The van der Waals surface area contributed by atoms with Gasteiger partial charge < -0.3 is 10.4 Å². The molecule has 2 N–H and O–H groups in total. The second kappa shape index (κ2) is 5.93. The minimum absolute atomic E-state index is 0.400. The molecule has 1 atom stereocenters. The predicted molar refractivity (Wildman–Crippen MR) is 67.5 cm³/mol. The third-order valence-electron chi connectivity index (χ3n) is 2.56. The minimum Gasteiger partial charge on any atom is -0.378 e. The van der Waals surface area contributed by atoms with Crippen LogP contribution in [-0.4, -0.2) is 16.0 Å². The number of aromatic nitrogens is 1. The summed E-state index contributed by atoms with van der Waals surface area (Å²) < 4.78 is 0. The van der Waals surface area contributed by atoms with Gasteiger partial charge >= 0.3 is 0 Å². The fourth-order valence-electron chi connectivity index (χ4n) is 1.57. The average Bonchev–Trinajstić information content (AvgIpc) is 2.46. The molecule has 0 aliphatic carbocycles. The van der Waals surface area contributed by atoms with E-state index >= 15 is 0 Å². The molecule has 0 bridgehead atoms. The number of carbonyl (C=O) groups is 1. The summed E-state index contributed by atoms with van der Waals surface area (Å²) in [4.78, 5) is 15.6.